The number of hydrogen-bond acceptors (Lipinski definition) is 5. The lowest BCUT2D eigenvalue weighted by Gasteiger charge is -2.07. The van der Waals surface area contributed by atoms with Gasteiger partial charge >= 0.3 is 5.97 Å². The number of phenolic OH excluding ortho intramolecular Hbond substituents is 1. The Morgan fingerprint density at radius 2 is 2.11 bits per heavy atom. The number of methoxy groups -OCH3 is 1. The van der Waals surface area contributed by atoms with Crippen LogP contribution in [0.25, 0.3) is 0 Å². The molecule has 0 aliphatic rings. The average Bonchev–Trinajstić information content (AvgIpc) is 2.42. The van der Waals surface area contributed by atoms with Crippen molar-refractivity contribution in [1.29, 1.82) is 0 Å². The van der Waals surface area contributed by atoms with E-state index in [1.54, 1.807) is 12.1 Å². The molecule has 1 aromatic carbocycles. The molecule has 0 radical (unpaired) electrons. The molecule has 1 rings (SSSR count). The van der Waals surface area contributed by atoms with Gasteiger partial charge in [0.05, 0.1) is 19.1 Å². The van der Waals surface area contributed by atoms with E-state index >= 15 is 0 Å². The summed E-state index contributed by atoms with van der Waals surface area (Å²) < 4.78 is 9.67. The second-order valence-corrected chi connectivity index (χ2v) is 3.78. The normalized spacial score (nSPS) is 9.74. The fraction of sp³-hybridized carbons (Fsp3) is 0.286. The van der Waals surface area contributed by atoms with Crippen molar-refractivity contribution in [3.63, 3.8) is 0 Å². The van der Waals surface area contributed by atoms with Gasteiger partial charge in [-0.3, -0.25) is 9.59 Å². The van der Waals surface area contributed by atoms with Crippen LogP contribution in [0.5, 0.6) is 11.5 Å². The maximum atomic E-state index is 11.8. The fourth-order valence-electron chi connectivity index (χ4n) is 1.44. The Labute approximate surface area is 111 Å². The molecule has 0 unspecified atom stereocenters. The van der Waals surface area contributed by atoms with Gasteiger partial charge < -0.3 is 14.6 Å². The molecule has 0 heterocycles. The number of ketones is 1. The van der Waals surface area contributed by atoms with E-state index in [9.17, 15) is 14.7 Å². The van der Waals surface area contributed by atoms with Crippen molar-refractivity contribution in [3.05, 3.63) is 36.4 Å². The van der Waals surface area contributed by atoms with Crippen LogP contribution in [-0.4, -0.2) is 30.6 Å². The van der Waals surface area contributed by atoms with Crippen LogP contribution in [0, 0.1) is 0 Å². The molecule has 0 bridgehead atoms. The zero-order valence-electron chi connectivity index (χ0n) is 10.7. The predicted molar refractivity (Wildman–Crippen MR) is 69.4 cm³/mol. The molecular formula is C14H16O5. The molecular weight excluding hydrogens is 248 g/mol. The van der Waals surface area contributed by atoms with Crippen molar-refractivity contribution in [1.82, 2.24) is 0 Å². The Bertz CT molecular complexity index is 479. The summed E-state index contributed by atoms with van der Waals surface area (Å²) >= 11 is 0. The molecule has 102 valence electrons. The first-order chi connectivity index (χ1) is 9.08. The van der Waals surface area contributed by atoms with Crippen molar-refractivity contribution < 1.29 is 24.2 Å². The van der Waals surface area contributed by atoms with Gasteiger partial charge in [-0.15, -0.1) is 0 Å². The Kier molecular flexibility index (Phi) is 5.60. The van der Waals surface area contributed by atoms with Crippen LogP contribution in [0.2, 0.25) is 0 Å². The highest BCUT2D eigenvalue weighted by Crippen LogP contribution is 2.25. The smallest absolute Gasteiger partial charge is 0.305 e. The number of rotatable bonds is 7. The average molecular weight is 264 g/mol. The number of ether oxygens (including phenoxy) is 2. The van der Waals surface area contributed by atoms with Crippen molar-refractivity contribution in [3.8, 4) is 11.5 Å². The van der Waals surface area contributed by atoms with Gasteiger partial charge in [-0.05, 0) is 12.1 Å². The van der Waals surface area contributed by atoms with Crippen LogP contribution in [0.4, 0.5) is 0 Å². The molecule has 0 aliphatic carbocycles. The largest absolute Gasteiger partial charge is 0.507 e. The Balaban J connectivity index is 2.70. The third-order valence-corrected chi connectivity index (χ3v) is 2.42. The van der Waals surface area contributed by atoms with Gasteiger partial charge in [0, 0.05) is 12.5 Å². The first-order valence-corrected chi connectivity index (χ1v) is 5.75. The van der Waals surface area contributed by atoms with Crippen molar-refractivity contribution in [2.45, 2.75) is 12.8 Å². The lowest BCUT2D eigenvalue weighted by molar-refractivity contribution is -0.140. The van der Waals surface area contributed by atoms with Gasteiger partial charge in [0.2, 0.25) is 0 Å². The van der Waals surface area contributed by atoms with Crippen LogP contribution in [0.1, 0.15) is 23.2 Å². The second-order valence-electron chi connectivity index (χ2n) is 3.78. The molecule has 0 aromatic heterocycles. The molecule has 1 aromatic rings. The summed E-state index contributed by atoms with van der Waals surface area (Å²) in [5.74, 6) is -0.504. The fourth-order valence-corrected chi connectivity index (χ4v) is 1.44. The Hall–Kier alpha value is -2.30. The van der Waals surface area contributed by atoms with E-state index in [1.165, 1.54) is 19.2 Å². The molecule has 0 saturated heterocycles. The summed E-state index contributed by atoms with van der Waals surface area (Å²) in [7, 11) is 1.26. The first kappa shape index (κ1) is 14.8. The molecule has 19 heavy (non-hydrogen) atoms. The van der Waals surface area contributed by atoms with E-state index in [1.807, 2.05) is 0 Å². The van der Waals surface area contributed by atoms with Gasteiger partial charge in [0.15, 0.2) is 5.78 Å². The molecule has 0 amide bonds. The Morgan fingerprint density at radius 1 is 1.37 bits per heavy atom. The second kappa shape index (κ2) is 7.20. The molecule has 0 atom stereocenters. The van der Waals surface area contributed by atoms with Crippen LogP contribution in [0.3, 0.4) is 0 Å². The van der Waals surface area contributed by atoms with Crippen LogP contribution < -0.4 is 4.74 Å². The summed E-state index contributed by atoms with van der Waals surface area (Å²) in [4.78, 5) is 22.7. The van der Waals surface area contributed by atoms with E-state index in [-0.39, 0.29) is 29.9 Å². The summed E-state index contributed by atoms with van der Waals surface area (Å²) in [6, 6.07) is 4.40. The van der Waals surface area contributed by atoms with E-state index in [2.05, 4.69) is 11.3 Å². The Morgan fingerprint density at radius 3 is 2.68 bits per heavy atom. The standard InChI is InChI=1S/C14H16O5/c1-3-8-19-10-4-5-11(13(16)9-10)12(15)6-7-14(17)18-2/h3-5,9,16H,1,6-8H2,2H3. The number of carbonyl (C=O) groups excluding carboxylic acids is 2. The van der Waals surface area contributed by atoms with Crippen molar-refractivity contribution in [2.24, 2.45) is 0 Å². The highest BCUT2D eigenvalue weighted by atomic mass is 16.5. The number of phenols is 1. The third-order valence-electron chi connectivity index (χ3n) is 2.42. The SMILES string of the molecule is C=CCOc1ccc(C(=O)CCC(=O)OC)c(O)c1. The highest BCUT2D eigenvalue weighted by Gasteiger charge is 2.14. The zero-order chi connectivity index (χ0) is 14.3. The maximum Gasteiger partial charge on any atom is 0.305 e. The van der Waals surface area contributed by atoms with Crippen molar-refractivity contribution >= 4 is 11.8 Å². The third kappa shape index (κ3) is 4.46. The van der Waals surface area contributed by atoms with Crippen LogP contribution >= 0.6 is 0 Å². The minimum atomic E-state index is -0.459. The minimum absolute atomic E-state index is 0.00685. The van der Waals surface area contributed by atoms with Gasteiger partial charge in [-0.25, -0.2) is 0 Å². The predicted octanol–water partition coefficient (Wildman–Crippen LogP) is 2.09. The summed E-state index contributed by atoms with van der Waals surface area (Å²) in [6.07, 6.45) is 1.56. The van der Waals surface area contributed by atoms with E-state index < -0.39 is 5.97 Å². The molecule has 5 heteroatoms. The number of Topliss-reactive ketones (excluding diaryl/α,β-unsaturated/α-hetero) is 1. The monoisotopic (exact) mass is 264 g/mol. The van der Waals surface area contributed by atoms with Gasteiger partial charge in [-0.1, -0.05) is 12.7 Å². The van der Waals surface area contributed by atoms with E-state index in [0.29, 0.717) is 12.4 Å². The van der Waals surface area contributed by atoms with Gasteiger partial charge in [0.1, 0.15) is 18.1 Å². The summed E-state index contributed by atoms with van der Waals surface area (Å²) in [6.45, 7) is 3.82. The summed E-state index contributed by atoms with van der Waals surface area (Å²) in [5, 5.41) is 9.74. The number of benzene rings is 1. The van der Waals surface area contributed by atoms with Gasteiger partial charge in [-0.2, -0.15) is 0 Å². The molecule has 0 spiro atoms. The minimum Gasteiger partial charge on any atom is -0.507 e. The van der Waals surface area contributed by atoms with Gasteiger partial charge in [0.25, 0.3) is 0 Å². The maximum absolute atomic E-state index is 11.8. The topological polar surface area (TPSA) is 72.8 Å². The first-order valence-electron chi connectivity index (χ1n) is 5.75. The van der Waals surface area contributed by atoms with Crippen molar-refractivity contribution in [2.75, 3.05) is 13.7 Å². The number of carbonyl (C=O) groups is 2. The molecule has 5 nitrogen and oxygen atoms in total. The highest BCUT2D eigenvalue weighted by molar-refractivity contribution is 5.99. The molecule has 0 saturated carbocycles. The molecule has 0 fully saturated rings. The summed E-state index contributed by atoms with van der Waals surface area (Å²) in [5.41, 5.74) is 0.162. The molecule has 0 aliphatic heterocycles. The zero-order valence-corrected chi connectivity index (χ0v) is 10.7. The van der Waals surface area contributed by atoms with Crippen LogP contribution in [0.15, 0.2) is 30.9 Å². The number of esters is 1. The lowest BCUT2D eigenvalue weighted by Crippen LogP contribution is -2.06. The number of hydrogen-bond donors (Lipinski definition) is 1. The number of aromatic hydroxyl groups is 1. The quantitative estimate of drug-likeness (QED) is 0.464. The molecule has 1 N–H and O–H groups in total. The van der Waals surface area contributed by atoms with Crippen LogP contribution in [-0.2, 0) is 9.53 Å². The lowest BCUT2D eigenvalue weighted by atomic mass is 10.1. The van der Waals surface area contributed by atoms with E-state index in [4.69, 9.17) is 4.74 Å². The van der Waals surface area contributed by atoms with E-state index in [0.717, 1.165) is 0 Å².